The van der Waals surface area contributed by atoms with Gasteiger partial charge < -0.3 is 9.88 Å². The first-order valence-corrected chi connectivity index (χ1v) is 10.4. The largest absolute Gasteiger partial charge is 0.346 e. The summed E-state index contributed by atoms with van der Waals surface area (Å²) in [6.45, 7) is 4.19. The quantitative estimate of drug-likeness (QED) is 0.594. The minimum atomic E-state index is -0.456. The van der Waals surface area contributed by atoms with Crippen molar-refractivity contribution in [1.82, 2.24) is 24.8 Å². The smallest absolute Gasteiger partial charge is 0.280 e. The summed E-state index contributed by atoms with van der Waals surface area (Å²) in [4.78, 5) is 47.5. The molecule has 0 saturated heterocycles. The molecule has 8 heteroatoms. The summed E-state index contributed by atoms with van der Waals surface area (Å²) in [5.41, 5.74) is 2.30. The molecule has 1 N–H and O–H groups in total. The lowest BCUT2D eigenvalue weighted by molar-refractivity contribution is -0.122. The Morgan fingerprint density at radius 1 is 1.10 bits per heavy atom. The van der Waals surface area contributed by atoms with Gasteiger partial charge in [0.2, 0.25) is 5.91 Å². The summed E-state index contributed by atoms with van der Waals surface area (Å²) >= 11 is 0. The Morgan fingerprint density at radius 3 is 2.58 bits per heavy atom. The summed E-state index contributed by atoms with van der Waals surface area (Å²) in [6.07, 6.45) is 2.22. The fourth-order valence-corrected chi connectivity index (χ4v) is 3.97. The molecule has 0 radical (unpaired) electrons. The molecule has 3 aromatic rings. The molecule has 1 aliphatic rings. The number of carbonyl (C=O) groups is 3. The Labute approximate surface area is 180 Å². The van der Waals surface area contributed by atoms with Crippen LogP contribution in [0.15, 0.2) is 42.6 Å². The van der Waals surface area contributed by atoms with Crippen LogP contribution in [0.4, 0.5) is 0 Å². The number of pyridine rings is 1. The highest BCUT2D eigenvalue weighted by Crippen LogP contribution is 2.25. The zero-order valence-corrected chi connectivity index (χ0v) is 17.8. The van der Waals surface area contributed by atoms with E-state index in [4.69, 9.17) is 4.98 Å². The maximum atomic E-state index is 12.8. The lowest BCUT2D eigenvalue weighted by Crippen LogP contribution is -2.36. The summed E-state index contributed by atoms with van der Waals surface area (Å²) in [5.74, 6) is 0.0280. The van der Waals surface area contributed by atoms with Crippen molar-refractivity contribution in [3.63, 3.8) is 0 Å². The number of amides is 3. The first-order chi connectivity index (χ1) is 14.9. The number of imidazole rings is 1. The number of benzene rings is 1. The van der Waals surface area contributed by atoms with Crippen molar-refractivity contribution in [3.05, 3.63) is 59.7 Å². The zero-order valence-electron chi connectivity index (χ0n) is 17.8. The van der Waals surface area contributed by atoms with E-state index in [1.54, 1.807) is 12.1 Å². The molecule has 4 rings (SSSR count). The van der Waals surface area contributed by atoms with Crippen LogP contribution in [0.1, 0.15) is 59.4 Å². The van der Waals surface area contributed by atoms with Crippen LogP contribution in [0.3, 0.4) is 0 Å². The third kappa shape index (κ3) is 3.93. The van der Waals surface area contributed by atoms with E-state index < -0.39 is 11.8 Å². The van der Waals surface area contributed by atoms with Crippen molar-refractivity contribution in [2.75, 3.05) is 6.54 Å². The molecule has 31 heavy (non-hydrogen) atoms. The molecule has 0 fully saturated rings. The molecule has 1 aromatic carbocycles. The molecule has 8 nitrogen and oxygen atoms in total. The van der Waals surface area contributed by atoms with Crippen LogP contribution in [0.25, 0.3) is 11.0 Å². The van der Waals surface area contributed by atoms with E-state index >= 15 is 0 Å². The van der Waals surface area contributed by atoms with Crippen LogP contribution >= 0.6 is 0 Å². The Morgan fingerprint density at radius 2 is 1.87 bits per heavy atom. The van der Waals surface area contributed by atoms with Crippen LogP contribution in [0.2, 0.25) is 0 Å². The standard InChI is InChI=1S/C23H25N5O3/c1-14(2)13-17(21-26-16-8-4-5-9-18(16)27(21)3)25-19(29)10-12-28-22(30)15-7-6-11-24-20(15)23(28)31/h4-9,11,14,17H,10,12-13H2,1-3H3,(H,25,29)/t17-/m0/s1. The van der Waals surface area contributed by atoms with Gasteiger partial charge in [0.15, 0.2) is 0 Å². The van der Waals surface area contributed by atoms with Gasteiger partial charge in [-0.15, -0.1) is 0 Å². The van der Waals surface area contributed by atoms with Gasteiger partial charge in [-0.25, -0.2) is 4.98 Å². The Balaban J connectivity index is 1.47. The van der Waals surface area contributed by atoms with Gasteiger partial charge in [0.05, 0.1) is 22.6 Å². The number of imide groups is 1. The lowest BCUT2D eigenvalue weighted by atomic mass is 10.0. The molecule has 160 valence electrons. The molecule has 0 bridgehead atoms. The topological polar surface area (TPSA) is 97.2 Å². The minimum Gasteiger partial charge on any atom is -0.346 e. The second-order valence-corrected chi connectivity index (χ2v) is 8.18. The van der Waals surface area contributed by atoms with Crippen molar-refractivity contribution in [2.45, 2.75) is 32.7 Å². The van der Waals surface area contributed by atoms with Crippen LogP contribution in [-0.4, -0.2) is 43.7 Å². The number of rotatable bonds is 7. The number of fused-ring (bicyclic) bond motifs is 2. The van der Waals surface area contributed by atoms with Gasteiger partial charge >= 0.3 is 0 Å². The van der Waals surface area contributed by atoms with Crippen molar-refractivity contribution in [3.8, 4) is 0 Å². The van der Waals surface area contributed by atoms with Gasteiger partial charge in [-0.05, 0) is 36.6 Å². The Hall–Kier alpha value is -3.55. The first-order valence-electron chi connectivity index (χ1n) is 10.4. The first kappa shape index (κ1) is 20.7. The van der Waals surface area contributed by atoms with Crippen LogP contribution < -0.4 is 5.32 Å². The third-order valence-corrected chi connectivity index (χ3v) is 5.47. The third-order valence-electron chi connectivity index (χ3n) is 5.47. The van der Waals surface area contributed by atoms with Crippen molar-refractivity contribution in [2.24, 2.45) is 13.0 Å². The maximum absolute atomic E-state index is 12.8. The number of hydrogen-bond acceptors (Lipinski definition) is 5. The second-order valence-electron chi connectivity index (χ2n) is 8.18. The van der Waals surface area contributed by atoms with E-state index in [1.807, 2.05) is 35.9 Å². The average molecular weight is 419 g/mol. The highest BCUT2D eigenvalue weighted by molar-refractivity contribution is 6.20. The molecule has 1 atom stereocenters. The van der Waals surface area contributed by atoms with E-state index in [0.29, 0.717) is 5.92 Å². The number of para-hydroxylation sites is 2. The predicted octanol–water partition coefficient (Wildman–Crippen LogP) is 2.86. The van der Waals surface area contributed by atoms with Crippen LogP contribution in [0, 0.1) is 5.92 Å². The molecule has 0 spiro atoms. The number of hydrogen-bond donors (Lipinski definition) is 1. The van der Waals surface area contributed by atoms with Gasteiger partial charge in [-0.1, -0.05) is 26.0 Å². The number of nitrogens with one attached hydrogen (secondary N) is 1. The van der Waals surface area contributed by atoms with Crippen molar-refractivity contribution >= 4 is 28.8 Å². The van der Waals surface area contributed by atoms with Crippen LogP contribution in [-0.2, 0) is 11.8 Å². The van der Waals surface area contributed by atoms with Gasteiger partial charge in [-0.2, -0.15) is 0 Å². The fourth-order valence-electron chi connectivity index (χ4n) is 3.97. The highest BCUT2D eigenvalue weighted by Gasteiger charge is 2.36. The number of aryl methyl sites for hydroxylation is 1. The molecule has 3 amide bonds. The molecular formula is C23H25N5O3. The van der Waals surface area contributed by atoms with Gasteiger partial charge in [0.25, 0.3) is 11.8 Å². The summed E-state index contributed by atoms with van der Waals surface area (Å²) in [7, 11) is 1.94. The van der Waals surface area contributed by atoms with Gasteiger partial charge in [-0.3, -0.25) is 24.3 Å². The van der Waals surface area contributed by atoms with E-state index in [0.717, 1.165) is 28.2 Å². The van der Waals surface area contributed by atoms with E-state index in [-0.39, 0.29) is 36.2 Å². The zero-order chi connectivity index (χ0) is 22.1. The monoisotopic (exact) mass is 419 g/mol. The SMILES string of the molecule is CC(C)C[C@H](NC(=O)CCN1C(=O)c2cccnc2C1=O)c1nc2ccccc2n1C. The highest BCUT2D eigenvalue weighted by atomic mass is 16.2. The van der Waals surface area contributed by atoms with E-state index in [1.165, 1.54) is 6.20 Å². The summed E-state index contributed by atoms with van der Waals surface area (Å²) < 4.78 is 2.00. The fraction of sp³-hybridized carbons (Fsp3) is 0.348. The molecule has 0 aliphatic carbocycles. The lowest BCUT2D eigenvalue weighted by Gasteiger charge is -2.21. The number of nitrogens with zero attached hydrogens (tertiary/aromatic N) is 4. The Kier molecular flexibility index (Phi) is 5.54. The predicted molar refractivity (Wildman–Crippen MR) is 115 cm³/mol. The normalized spacial score (nSPS) is 14.4. The summed E-state index contributed by atoms with van der Waals surface area (Å²) in [5, 5.41) is 3.05. The molecular weight excluding hydrogens is 394 g/mol. The van der Waals surface area contributed by atoms with Gasteiger partial charge in [0, 0.05) is 26.2 Å². The molecule has 0 unspecified atom stereocenters. The average Bonchev–Trinajstić information content (AvgIpc) is 3.21. The van der Waals surface area contributed by atoms with E-state index in [9.17, 15) is 14.4 Å². The Bertz CT molecular complexity index is 1130. The van der Waals surface area contributed by atoms with Gasteiger partial charge in [0.1, 0.15) is 11.5 Å². The minimum absolute atomic E-state index is 0.0107. The second kappa shape index (κ2) is 8.29. The van der Waals surface area contributed by atoms with E-state index in [2.05, 4.69) is 24.1 Å². The van der Waals surface area contributed by atoms with Crippen LogP contribution in [0.5, 0.6) is 0 Å². The van der Waals surface area contributed by atoms with Crippen molar-refractivity contribution < 1.29 is 14.4 Å². The maximum Gasteiger partial charge on any atom is 0.280 e. The number of aromatic nitrogens is 3. The molecule has 2 aromatic heterocycles. The molecule has 3 heterocycles. The summed E-state index contributed by atoms with van der Waals surface area (Å²) in [6, 6.07) is 10.8. The molecule has 1 aliphatic heterocycles. The number of carbonyl (C=O) groups excluding carboxylic acids is 3. The van der Waals surface area contributed by atoms with Crippen molar-refractivity contribution in [1.29, 1.82) is 0 Å². The molecule has 0 saturated carbocycles.